The monoisotopic (exact) mass is 300 g/mol. The zero-order valence-electron chi connectivity index (χ0n) is 13.0. The van der Waals surface area contributed by atoms with Gasteiger partial charge in [-0.05, 0) is 45.4 Å². The number of carbonyl (C=O) groups is 1. The van der Waals surface area contributed by atoms with Crippen LogP contribution in [0.25, 0.3) is 0 Å². The molecule has 2 aliphatic heterocycles. The van der Waals surface area contributed by atoms with Crippen molar-refractivity contribution in [1.29, 1.82) is 0 Å². The van der Waals surface area contributed by atoms with Crippen LogP contribution in [0.1, 0.15) is 40.0 Å². The predicted molar refractivity (Wildman–Crippen MR) is 84.2 cm³/mol. The first kappa shape index (κ1) is 16.1. The third kappa shape index (κ3) is 3.89. The minimum Gasteiger partial charge on any atom is -0.376 e. The molecule has 5 heteroatoms. The van der Waals surface area contributed by atoms with Crippen LogP contribution in [0, 0.1) is 0 Å². The second kappa shape index (κ2) is 7.14. The lowest BCUT2D eigenvalue weighted by Crippen LogP contribution is -2.58. The van der Waals surface area contributed by atoms with Crippen LogP contribution in [0.5, 0.6) is 0 Å². The zero-order valence-corrected chi connectivity index (χ0v) is 13.8. The Labute approximate surface area is 127 Å². The van der Waals surface area contributed by atoms with Gasteiger partial charge in [0, 0.05) is 24.9 Å². The minimum atomic E-state index is -0.486. The standard InChI is InChI=1S/C15H28N2O2S/c1-4-16-15(2,3)14(18)17(12-7-9-20-11-12)10-13-6-5-8-19-13/h12-13,16H,4-11H2,1-3H3. The molecule has 0 aliphatic carbocycles. The normalized spacial score (nSPS) is 26.9. The van der Waals surface area contributed by atoms with E-state index >= 15 is 0 Å². The van der Waals surface area contributed by atoms with E-state index in [1.54, 1.807) is 0 Å². The topological polar surface area (TPSA) is 41.6 Å². The lowest BCUT2D eigenvalue weighted by Gasteiger charge is -2.37. The van der Waals surface area contributed by atoms with Crippen molar-refractivity contribution in [2.75, 3.05) is 31.2 Å². The Bertz CT molecular complexity index is 324. The lowest BCUT2D eigenvalue weighted by atomic mass is 10.0. The van der Waals surface area contributed by atoms with E-state index in [0.29, 0.717) is 6.04 Å². The number of hydrogen-bond donors (Lipinski definition) is 1. The molecule has 0 aromatic heterocycles. The van der Waals surface area contributed by atoms with Crippen molar-refractivity contribution >= 4 is 17.7 Å². The first-order valence-electron chi connectivity index (χ1n) is 7.80. The maximum atomic E-state index is 12.9. The molecule has 0 saturated carbocycles. The average Bonchev–Trinajstić information content (AvgIpc) is 3.08. The molecule has 2 heterocycles. The number of nitrogens with one attached hydrogen (secondary N) is 1. The Morgan fingerprint density at radius 2 is 2.25 bits per heavy atom. The van der Waals surface area contributed by atoms with Gasteiger partial charge in [-0.3, -0.25) is 4.79 Å². The van der Waals surface area contributed by atoms with Gasteiger partial charge in [0.25, 0.3) is 0 Å². The van der Waals surface area contributed by atoms with Gasteiger partial charge in [-0.15, -0.1) is 0 Å². The molecule has 1 amide bonds. The van der Waals surface area contributed by atoms with E-state index in [1.807, 2.05) is 32.5 Å². The predicted octanol–water partition coefficient (Wildman–Crippen LogP) is 1.89. The van der Waals surface area contributed by atoms with Gasteiger partial charge in [0.1, 0.15) is 0 Å². The molecule has 0 aromatic rings. The number of likely N-dealkylation sites (N-methyl/N-ethyl adjacent to an activating group) is 1. The molecular formula is C15H28N2O2S. The van der Waals surface area contributed by atoms with Crippen LogP contribution >= 0.6 is 11.8 Å². The smallest absolute Gasteiger partial charge is 0.242 e. The van der Waals surface area contributed by atoms with Crippen molar-refractivity contribution in [2.45, 2.75) is 57.7 Å². The Hall–Kier alpha value is -0.260. The van der Waals surface area contributed by atoms with E-state index in [0.717, 1.165) is 44.7 Å². The third-order valence-corrected chi connectivity index (χ3v) is 5.33. The van der Waals surface area contributed by atoms with Gasteiger partial charge >= 0.3 is 0 Å². The van der Waals surface area contributed by atoms with E-state index in [-0.39, 0.29) is 12.0 Å². The van der Waals surface area contributed by atoms with Crippen LogP contribution in [0.15, 0.2) is 0 Å². The van der Waals surface area contributed by atoms with Gasteiger partial charge in [-0.25, -0.2) is 0 Å². The number of nitrogens with zero attached hydrogens (tertiary/aromatic N) is 1. The van der Waals surface area contributed by atoms with Crippen LogP contribution in [0.3, 0.4) is 0 Å². The van der Waals surface area contributed by atoms with Gasteiger partial charge in [0.05, 0.1) is 11.6 Å². The summed E-state index contributed by atoms with van der Waals surface area (Å²) in [7, 11) is 0. The molecule has 2 fully saturated rings. The maximum absolute atomic E-state index is 12.9. The quantitative estimate of drug-likeness (QED) is 0.813. The molecule has 0 spiro atoms. The summed E-state index contributed by atoms with van der Waals surface area (Å²) in [5, 5.41) is 3.31. The Morgan fingerprint density at radius 1 is 1.45 bits per heavy atom. The molecule has 0 radical (unpaired) electrons. The second-order valence-corrected chi connectivity index (χ2v) is 7.42. The number of ether oxygens (including phenoxy) is 1. The van der Waals surface area contributed by atoms with Crippen molar-refractivity contribution in [3.05, 3.63) is 0 Å². The minimum absolute atomic E-state index is 0.224. The van der Waals surface area contributed by atoms with E-state index in [1.165, 1.54) is 5.75 Å². The Kier molecular flexibility index (Phi) is 5.75. The highest BCUT2D eigenvalue weighted by molar-refractivity contribution is 7.99. The molecule has 4 nitrogen and oxygen atoms in total. The van der Waals surface area contributed by atoms with E-state index in [2.05, 4.69) is 10.2 Å². The lowest BCUT2D eigenvalue weighted by molar-refractivity contribution is -0.140. The van der Waals surface area contributed by atoms with Crippen molar-refractivity contribution in [2.24, 2.45) is 0 Å². The zero-order chi connectivity index (χ0) is 14.6. The SMILES string of the molecule is CCNC(C)(C)C(=O)N(CC1CCCO1)C1CCSC1. The number of amides is 1. The second-order valence-electron chi connectivity index (χ2n) is 6.27. The fourth-order valence-electron chi connectivity index (χ4n) is 3.05. The van der Waals surface area contributed by atoms with E-state index in [9.17, 15) is 4.79 Å². The Balaban J connectivity index is 2.05. The summed E-state index contributed by atoms with van der Waals surface area (Å²) in [4.78, 5) is 15.0. The first-order chi connectivity index (χ1) is 9.54. The number of rotatable bonds is 6. The van der Waals surface area contributed by atoms with Crippen LogP contribution in [0.4, 0.5) is 0 Å². The highest BCUT2D eigenvalue weighted by Crippen LogP contribution is 2.26. The van der Waals surface area contributed by atoms with Crippen LogP contribution in [-0.4, -0.2) is 59.7 Å². The first-order valence-corrected chi connectivity index (χ1v) is 8.95. The van der Waals surface area contributed by atoms with E-state index in [4.69, 9.17) is 4.74 Å². The van der Waals surface area contributed by atoms with E-state index < -0.39 is 5.54 Å². The summed E-state index contributed by atoms with van der Waals surface area (Å²) in [6, 6.07) is 0.384. The summed E-state index contributed by atoms with van der Waals surface area (Å²) in [5.41, 5.74) is -0.486. The Morgan fingerprint density at radius 3 is 2.80 bits per heavy atom. The largest absolute Gasteiger partial charge is 0.376 e. The van der Waals surface area contributed by atoms with Crippen molar-refractivity contribution in [1.82, 2.24) is 10.2 Å². The van der Waals surface area contributed by atoms with Gasteiger partial charge in [-0.2, -0.15) is 11.8 Å². The molecule has 0 bridgehead atoms. The summed E-state index contributed by atoms with van der Waals surface area (Å²) in [6.45, 7) is 8.45. The van der Waals surface area contributed by atoms with Gasteiger partial charge in [0.15, 0.2) is 0 Å². The summed E-state index contributed by atoms with van der Waals surface area (Å²) < 4.78 is 5.74. The molecule has 116 valence electrons. The number of hydrogen-bond acceptors (Lipinski definition) is 4. The van der Waals surface area contributed by atoms with Crippen LogP contribution < -0.4 is 5.32 Å². The maximum Gasteiger partial charge on any atom is 0.242 e. The highest BCUT2D eigenvalue weighted by Gasteiger charge is 2.37. The molecule has 1 N–H and O–H groups in total. The molecule has 2 unspecified atom stereocenters. The summed E-state index contributed by atoms with van der Waals surface area (Å²) >= 11 is 1.95. The average molecular weight is 300 g/mol. The molecule has 2 atom stereocenters. The van der Waals surface area contributed by atoms with Gasteiger partial charge in [-0.1, -0.05) is 6.92 Å². The molecule has 0 aromatic carbocycles. The van der Waals surface area contributed by atoms with Crippen LogP contribution in [0.2, 0.25) is 0 Å². The van der Waals surface area contributed by atoms with Crippen molar-refractivity contribution in [3.8, 4) is 0 Å². The summed E-state index contributed by atoms with van der Waals surface area (Å²) in [5.74, 6) is 2.46. The fourth-order valence-corrected chi connectivity index (χ4v) is 4.27. The molecule has 2 aliphatic rings. The highest BCUT2D eigenvalue weighted by atomic mass is 32.2. The number of thioether (sulfide) groups is 1. The molecule has 2 rings (SSSR count). The van der Waals surface area contributed by atoms with Crippen molar-refractivity contribution < 1.29 is 9.53 Å². The molecule has 20 heavy (non-hydrogen) atoms. The van der Waals surface area contributed by atoms with Gasteiger partial charge in [0.2, 0.25) is 5.91 Å². The van der Waals surface area contributed by atoms with Gasteiger partial charge < -0.3 is 15.0 Å². The third-order valence-electron chi connectivity index (χ3n) is 4.18. The van der Waals surface area contributed by atoms with Crippen LogP contribution in [-0.2, 0) is 9.53 Å². The molecule has 2 saturated heterocycles. The fraction of sp³-hybridized carbons (Fsp3) is 0.933. The summed E-state index contributed by atoms with van der Waals surface area (Å²) in [6.07, 6.45) is 3.57. The molecular weight excluding hydrogens is 272 g/mol. The number of carbonyl (C=O) groups excluding carboxylic acids is 1. The van der Waals surface area contributed by atoms with Crippen molar-refractivity contribution in [3.63, 3.8) is 0 Å².